The highest BCUT2D eigenvalue weighted by atomic mass is 16.4. The molecule has 180 valence electrons. The molecule has 3 aromatic heterocycles. The van der Waals surface area contributed by atoms with Crippen molar-refractivity contribution in [3.8, 4) is 0 Å². The highest BCUT2D eigenvalue weighted by Gasteiger charge is 2.25. The maximum absolute atomic E-state index is 11.8. The fourth-order valence-corrected chi connectivity index (χ4v) is 5.17. The average molecular weight is 464 g/mol. The minimum Gasteiger partial charge on any atom is -0.477 e. The topological polar surface area (TPSA) is 99.4 Å². The molecule has 3 aromatic rings. The number of aromatic carboxylic acids is 1. The van der Waals surface area contributed by atoms with Crippen LogP contribution in [-0.2, 0) is 6.54 Å². The van der Waals surface area contributed by atoms with Crippen LogP contribution in [0.1, 0.15) is 61.6 Å². The van der Waals surface area contributed by atoms with E-state index in [1.54, 1.807) is 12.3 Å². The van der Waals surface area contributed by atoms with Crippen molar-refractivity contribution in [3.05, 3.63) is 41.9 Å². The van der Waals surface area contributed by atoms with Crippen LogP contribution in [0.5, 0.6) is 0 Å². The quantitative estimate of drug-likeness (QED) is 0.544. The van der Waals surface area contributed by atoms with Gasteiger partial charge in [0, 0.05) is 62.6 Å². The van der Waals surface area contributed by atoms with Crippen molar-refractivity contribution in [3.63, 3.8) is 0 Å². The van der Waals surface area contributed by atoms with Crippen LogP contribution < -0.4 is 5.32 Å². The predicted molar refractivity (Wildman–Crippen MR) is 131 cm³/mol. The largest absolute Gasteiger partial charge is 0.477 e. The standard InChI is InChI=1S/C25H33N7O2/c1-17(2)31-11-9-30(10-12-31)16-18-7-8-22(26-14-18)28-25-27-15-19-13-21(24(33)34)32(23(19)29-25)20-5-3-4-6-20/h7-8,13-15,17,20H,3-6,9-12,16H2,1-2H3,(H,33,34)(H,26,27,28,29). The smallest absolute Gasteiger partial charge is 0.352 e. The summed E-state index contributed by atoms with van der Waals surface area (Å²) >= 11 is 0. The van der Waals surface area contributed by atoms with Gasteiger partial charge >= 0.3 is 5.97 Å². The number of anilines is 2. The van der Waals surface area contributed by atoms with Crippen molar-refractivity contribution >= 4 is 28.8 Å². The molecule has 0 amide bonds. The number of carbonyl (C=O) groups is 1. The first-order valence-electron chi connectivity index (χ1n) is 12.3. The van der Waals surface area contributed by atoms with Gasteiger partial charge in [-0.05, 0) is 44.4 Å². The monoisotopic (exact) mass is 463 g/mol. The SMILES string of the molecule is CC(C)N1CCN(Cc2ccc(Nc3ncc4cc(C(=O)O)n(C5CCCC5)c4n3)nc2)CC1. The van der Waals surface area contributed by atoms with Crippen molar-refractivity contribution in [1.29, 1.82) is 0 Å². The maximum atomic E-state index is 11.8. The molecule has 1 aliphatic heterocycles. The molecule has 1 aliphatic carbocycles. The molecular weight excluding hydrogens is 430 g/mol. The molecule has 5 rings (SSSR count). The average Bonchev–Trinajstić information content (AvgIpc) is 3.48. The summed E-state index contributed by atoms with van der Waals surface area (Å²) in [6.07, 6.45) is 7.78. The second-order valence-corrected chi connectivity index (χ2v) is 9.70. The van der Waals surface area contributed by atoms with Gasteiger partial charge in [0.1, 0.15) is 17.2 Å². The number of aromatic nitrogens is 4. The third-order valence-electron chi connectivity index (χ3n) is 7.09. The molecule has 0 aromatic carbocycles. The molecule has 1 saturated heterocycles. The first-order chi connectivity index (χ1) is 16.5. The molecule has 2 fully saturated rings. The van der Waals surface area contributed by atoms with E-state index in [9.17, 15) is 9.90 Å². The number of pyridine rings is 1. The van der Waals surface area contributed by atoms with Gasteiger partial charge in [-0.15, -0.1) is 0 Å². The Hall–Kier alpha value is -3.04. The van der Waals surface area contributed by atoms with Crippen molar-refractivity contribution in [1.82, 2.24) is 29.3 Å². The van der Waals surface area contributed by atoms with E-state index in [-0.39, 0.29) is 11.7 Å². The van der Waals surface area contributed by atoms with E-state index in [2.05, 4.69) is 50.0 Å². The number of rotatable bonds is 7. The lowest BCUT2D eigenvalue weighted by molar-refractivity contribution is 0.0683. The Kier molecular flexibility index (Phi) is 6.47. The fraction of sp³-hybridized carbons (Fsp3) is 0.520. The summed E-state index contributed by atoms with van der Waals surface area (Å²) in [7, 11) is 0. The van der Waals surface area contributed by atoms with E-state index in [0.29, 0.717) is 23.5 Å². The molecule has 0 radical (unpaired) electrons. The number of hydrogen-bond donors (Lipinski definition) is 2. The van der Waals surface area contributed by atoms with Crippen molar-refractivity contribution in [2.24, 2.45) is 0 Å². The molecule has 2 N–H and O–H groups in total. The number of hydrogen-bond acceptors (Lipinski definition) is 7. The van der Waals surface area contributed by atoms with Gasteiger partial charge in [0.25, 0.3) is 0 Å². The minimum absolute atomic E-state index is 0.172. The molecule has 1 saturated carbocycles. The highest BCUT2D eigenvalue weighted by molar-refractivity contribution is 5.93. The zero-order valence-electron chi connectivity index (χ0n) is 19.9. The first-order valence-corrected chi connectivity index (χ1v) is 12.3. The molecule has 0 bridgehead atoms. The molecule has 0 spiro atoms. The normalized spacial score (nSPS) is 18.2. The summed E-state index contributed by atoms with van der Waals surface area (Å²) < 4.78 is 1.88. The van der Waals surface area contributed by atoms with Gasteiger partial charge < -0.3 is 15.0 Å². The van der Waals surface area contributed by atoms with E-state index in [4.69, 9.17) is 0 Å². The number of nitrogens with one attached hydrogen (secondary N) is 1. The van der Waals surface area contributed by atoms with E-state index < -0.39 is 5.97 Å². The second kappa shape index (κ2) is 9.68. The van der Waals surface area contributed by atoms with Gasteiger partial charge in [-0.1, -0.05) is 18.9 Å². The molecule has 34 heavy (non-hydrogen) atoms. The summed E-state index contributed by atoms with van der Waals surface area (Å²) in [6.45, 7) is 9.77. The van der Waals surface area contributed by atoms with Crippen molar-refractivity contribution in [2.75, 3.05) is 31.5 Å². The molecule has 9 nitrogen and oxygen atoms in total. The Labute approximate surface area is 199 Å². The lowest BCUT2D eigenvalue weighted by Crippen LogP contribution is -2.48. The third-order valence-corrected chi connectivity index (χ3v) is 7.09. The Bertz CT molecular complexity index is 1140. The van der Waals surface area contributed by atoms with Crippen molar-refractivity contribution < 1.29 is 9.90 Å². The van der Waals surface area contributed by atoms with Gasteiger partial charge in [-0.25, -0.2) is 14.8 Å². The van der Waals surface area contributed by atoms with E-state index in [1.165, 1.54) is 5.56 Å². The number of carboxylic acid groups (broad SMARTS) is 1. The van der Waals surface area contributed by atoms with E-state index in [0.717, 1.165) is 63.8 Å². The molecule has 0 unspecified atom stereocenters. The molecule has 9 heteroatoms. The van der Waals surface area contributed by atoms with Crippen LogP contribution in [0.25, 0.3) is 11.0 Å². The maximum Gasteiger partial charge on any atom is 0.352 e. The number of carboxylic acids is 1. The fourth-order valence-electron chi connectivity index (χ4n) is 5.17. The molecule has 2 aliphatic rings. The van der Waals surface area contributed by atoms with Crippen LogP contribution >= 0.6 is 0 Å². The van der Waals surface area contributed by atoms with Crippen LogP contribution in [-0.4, -0.2) is 72.6 Å². The van der Waals surface area contributed by atoms with Crippen LogP contribution in [0.2, 0.25) is 0 Å². The highest BCUT2D eigenvalue weighted by Crippen LogP contribution is 2.34. The van der Waals surface area contributed by atoms with E-state index in [1.807, 2.05) is 16.8 Å². The lowest BCUT2D eigenvalue weighted by atomic mass is 10.2. The summed E-state index contributed by atoms with van der Waals surface area (Å²) in [5, 5.41) is 13.6. The predicted octanol–water partition coefficient (Wildman–Crippen LogP) is 3.91. The molecular formula is C25H33N7O2. The van der Waals surface area contributed by atoms with Crippen LogP contribution in [0, 0.1) is 0 Å². The summed E-state index contributed by atoms with van der Waals surface area (Å²) in [6, 6.07) is 6.49. The molecule has 4 heterocycles. The van der Waals surface area contributed by atoms with Crippen LogP contribution in [0.4, 0.5) is 11.8 Å². The Morgan fingerprint density at radius 3 is 2.53 bits per heavy atom. The first kappa shape index (κ1) is 22.7. The molecule has 0 atom stereocenters. The van der Waals surface area contributed by atoms with Crippen LogP contribution in [0.3, 0.4) is 0 Å². The zero-order valence-corrected chi connectivity index (χ0v) is 19.9. The Balaban J connectivity index is 1.29. The van der Waals surface area contributed by atoms with Gasteiger partial charge in [0.05, 0.1) is 0 Å². The third kappa shape index (κ3) is 4.76. The lowest BCUT2D eigenvalue weighted by Gasteiger charge is -2.36. The summed E-state index contributed by atoms with van der Waals surface area (Å²) in [4.78, 5) is 30.5. The van der Waals surface area contributed by atoms with Gasteiger partial charge in [-0.3, -0.25) is 9.80 Å². The van der Waals surface area contributed by atoms with Gasteiger partial charge in [-0.2, -0.15) is 4.98 Å². The Morgan fingerprint density at radius 2 is 1.88 bits per heavy atom. The summed E-state index contributed by atoms with van der Waals surface area (Å²) in [5.74, 6) is 0.166. The number of fused-ring (bicyclic) bond motifs is 1. The van der Waals surface area contributed by atoms with Gasteiger partial charge in [0.2, 0.25) is 5.95 Å². The van der Waals surface area contributed by atoms with E-state index >= 15 is 0 Å². The Morgan fingerprint density at radius 1 is 1.12 bits per heavy atom. The number of nitrogens with zero attached hydrogens (tertiary/aromatic N) is 6. The zero-order chi connectivity index (χ0) is 23.7. The second-order valence-electron chi connectivity index (χ2n) is 9.70. The number of piperazine rings is 1. The summed E-state index contributed by atoms with van der Waals surface area (Å²) in [5.41, 5.74) is 2.13. The minimum atomic E-state index is -0.928. The van der Waals surface area contributed by atoms with Crippen molar-refractivity contribution in [2.45, 2.75) is 58.2 Å². The van der Waals surface area contributed by atoms with Crippen LogP contribution in [0.15, 0.2) is 30.6 Å². The van der Waals surface area contributed by atoms with Gasteiger partial charge in [0.15, 0.2) is 0 Å².